The number of amides is 2. The molecule has 0 saturated heterocycles. The summed E-state index contributed by atoms with van der Waals surface area (Å²) in [5.41, 5.74) is 10.6. The van der Waals surface area contributed by atoms with Gasteiger partial charge in [-0.15, -0.1) is 0 Å². The van der Waals surface area contributed by atoms with Crippen molar-refractivity contribution in [2.24, 2.45) is 16.5 Å². The van der Waals surface area contributed by atoms with Gasteiger partial charge in [-0.05, 0) is 13.8 Å². The van der Waals surface area contributed by atoms with Crippen LogP contribution in [0, 0.1) is 0 Å². The molecule has 0 bridgehead atoms. The Bertz CT molecular complexity index is 584. The number of hydrogen-bond acceptors (Lipinski definition) is 5. The van der Waals surface area contributed by atoms with E-state index in [1.807, 2.05) is 0 Å². The highest BCUT2D eigenvalue weighted by atomic mass is 16.5. The van der Waals surface area contributed by atoms with Gasteiger partial charge < -0.3 is 25.7 Å². The molecule has 0 aliphatic carbocycles. The maximum Gasteiger partial charge on any atom is 0.348 e. The smallest absolute Gasteiger partial charge is 0.348 e. The zero-order chi connectivity index (χ0) is 17.4. The van der Waals surface area contributed by atoms with Gasteiger partial charge in [0, 0.05) is 19.1 Å². The topological polar surface area (TPSA) is 138 Å². The first kappa shape index (κ1) is 18.1. The maximum absolute atomic E-state index is 11.7. The Morgan fingerprint density at radius 1 is 1.13 bits per heavy atom. The molecule has 23 heavy (non-hydrogen) atoms. The summed E-state index contributed by atoms with van der Waals surface area (Å²) in [5, 5.41) is 2.48. The molecule has 0 aliphatic rings. The molecule has 1 rings (SSSR count). The molecular formula is C14H20N4O5. The van der Waals surface area contributed by atoms with Gasteiger partial charge in [0.1, 0.15) is 22.9 Å². The lowest BCUT2D eigenvalue weighted by atomic mass is 10.2. The van der Waals surface area contributed by atoms with Crippen LogP contribution in [0.4, 0.5) is 10.5 Å². The Balaban J connectivity index is 3.29. The lowest BCUT2D eigenvalue weighted by Crippen LogP contribution is -2.25. The number of aliphatic imine (C=N–C) groups is 1. The number of ether oxygens (including phenoxy) is 3. The van der Waals surface area contributed by atoms with Crippen molar-refractivity contribution in [1.29, 1.82) is 0 Å². The summed E-state index contributed by atoms with van der Waals surface area (Å²) in [4.78, 5) is 26.2. The van der Waals surface area contributed by atoms with E-state index < -0.39 is 12.0 Å². The summed E-state index contributed by atoms with van der Waals surface area (Å²) in [6, 6.07) is 2.13. The van der Waals surface area contributed by atoms with Crippen LogP contribution in [-0.2, 0) is 4.79 Å². The van der Waals surface area contributed by atoms with Crippen molar-refractivity contribution in [3.8, 4) is 17.2 Å². The molecule has 0 unspecified atom stereocenters. The van der Waals surface area contributed by atoms with Crippen LogP contribution in [0.2, 0.25) is 0 Å². The monoisotopic (exact) mass is 324 g/mol. The number of hydrogen-bond donors (Lipinski definition) is 3. The van der Waals surface area contributed by atoms with Crippen molar-refractivity contribution >= 4 is 23.6 Å². The first-order valence-corrected chi connectivity index (χ1v) is 6.90. The minimum absolute atomic E-state index is 0.226. The van der Waals surface area contributed by atoms with Crippen LogP contribution in [0.3, 0.4) is 0 Å². The van der Waals surface area contributed by atoms with Crippen LogP contribution < -0.4 is 31.0 Å². The number of carbonyl (C=O) groups is 2. The molecule has 2 amide bonds. The van der Waals surface area contributed by atoms with Crippen LogP contribution in [0.1, 0.15) is 20.8 Å². The SMILES string of the molecule is CCOc1cc(OC(C)=O)cc(OCC)c1NC(=O)N=C(N)N. The standard InChI is InChI=1S/C14H20N4O5/c1-4-21-10-6-9(23-8(3)19)7-11(22-5-2)12(10)17-14(20)18-13(15)16/h6-7H,4-5H2,1-3H3,(H5,15,16,17,18,20). The molecule has 0 saturated carbocycles. The number of rotatable bonds is 6. The average Bonchev–Trinajstić information content (AvgIpc) is 2.41. The third-order valence-electron chi connectivity index (χ3n) is 2.36. The highest BCUT2D eigenvalue weighted by Crippen LogP contribution is 2.39. The van der Waals surface area contributed by atoms with E-state index in [1.165, 1.54) is 19.1 Å². The molecule has 0 aliphatic heterocycles. The predicted octanol–water partition coefficient (Wildman–Crippen LogP) is 1.21. The number of nitrogens with zero attached hydrogens (tertiary/aromatic N) is 1. The van der Waals surface area contributed by atoms with E-state index in [0.717, 1.165) is 0 Å². The maximum atomic E-state index is 11.7. The summed E-state index contributed by atoms with van der Waals surface area (Å²) in [7, 11) is 0. The molecule has 0 fully saturated rings. The second-order valence-corrected chi connectivity index (χ2v) is 4.22. The van der Waals surface area contributed by atoms with Gasteiger partial charge in [0.25, 0.3) is 0 Å². The summed E-state index contributed by atoms with van der Waals surface area (Å²) in [5.74, 6) is -0.130. The number of guanidine groups is 1. The average molecular weight is 324 g/mol. The first-order chi connectivity index (χ1) is 10.9. The second kappa shape index (κ2) is 8.47. The fraction of sp³-hybridized carbons (Fsp3) is 0.357. The normalized spacial score (nSPS) is 9.70. The Hall–Kier alpha value is -2.97. The highest BCUT2D eigenvalue weighted by molar-refractivity contribution is 6.00. The number of urea groups is 1. The Labute approximate surface area is 133 Å². The molecule has 1 aromatic carbocycles. The van der Waals surface area contributed by atoms with Gasteiger partial charge in [0.2, 0.25) is 0 Å². The minimum atomic E-state index is -0.785. The van der Waals surface area contributed by atoms with Crippen molar-refractivity contribution in [2.45, 2.75) is 20.8 Å². The van der Waals surface area contributed by atoms with Gasteiger partial charge >= 0.3 is 12.0 Å². The van der Waals surface area contributed by atoms with Crippen LogP contribution in [0.15, 0.2) is 17.1 Å². The summed E-state index contributed by atoms with van der Waals surface area (Å²) in [6.45, 7) is 5.44. The fourth-order valence-corrected chi connectivity index (χ4v) is 1.70. The minimum Gasteiger partial charge on any atom is -0.491 e. The molecular weight excluding hydrogens is 304 g/mol. The van der Waals surface area contributed by atoms with E-state index >= 15 is 0 Å². The first-order valence-electron chi connectivity index (χ1n) is 6.90. The third-order valence-corrected chi connectivity index (χ3v) is 2.36. The Kier molecular flexibility index (Phi) is 6.66. The van der Waals surface area contributed by atoms with Crippen molar-refractivity contribution in [3.63, 3.8) is 0 Å². The van der Waals surface area contributed by atoms with E-state index in [-0.39, 0.29) is 28.9 Å². The van der Waals surface area contributed by atoms with E-state index in [0.29, 0.717) is 13.2 Å². The number of anilines is 1. The largest absolute Gasteiger partial charge is 0.491 e. The van der Waals surface area contributed by atoms with Crippen molar-refractivity contribution in [3.05, 3.63) is 12.1 Å². The fourth-order valence-electron chi connectivity index (χ4n) is 1.70. The number of esters is 1. The van der Waals surface area contributed by atoms with Crippen molar-refractivity contribution < 1.29 is 23.8 Å². The van der Waals surface area contributed by atoms with Crippen LogP contribution in [-0.4, -0.2) is 31.2 Å². The zero-order valence-electron chi connectivity index (χ0n) is 13.2. The predicted molar refractivity (Wildman–Crippen MR) is 84.9 cm³/mol. The summed E-state index contributed by atoms with van der Waals surface area (Å²) >= 11 is 0. The van der Waals surface area contributed by atoms with E-state index in [4.69, 9.17) is 25.7 Å². The molecule has 9 heteroatoms. The van der Waals surface area contributed by atoms with Gasteiger partial charge in [0.05, 0.1) is 13.2 Å². The van der Waals surface area contributed by atoms with Crippen LogP contribution in [0.5, 0.6) is 17.2 Å². The van der Waals surface area contributed by atoms with Crippen molar-refractivity contribution in [1.82, 2.24) is 0 Å². The van der Waals surface area contributed by atoms with Crippen LogP contribution >= 0.6 is 0 Å². The van der Waals surface area contributed by atoms with Crippen LogP contribution in [0.25, 0.3) is 0 Å². The van der Waals surface area contributed by atoms with Gasteiger partial charge in [-0.2, -0.15) is 4.99 Å². The highest BCUT2D eigenvalue weighted by Gasteiger charge is 2.17. The number of nitrogens with one attached hydrogen (secondary N) is 1. The molecule has 126 valence electrons. The van der Waals surface area contributed by atoms with E-state index in [2.05, 4.69) is 10.3 Å². The van der Waals surface area contributed by atoms with Gasteiger partial charge in [-0.1, -0.05) is 0 Å². The molecule has 1 aromatic rings. The number of carbonyl (C=O) groups excluding carboxylic acids is 2. The Morgan fingerprint density at radius 2 is 1.65 bits per heavy atom. The molecule has 0 spiro atoms. The van der Waals surface area contributed by atoms with Gasteiger partial charge in [-0.25, -0.2) is 4.79 Å². The second-order valence-electron chi connectivity index (χ2n) is 4.22. The number of benzene rings is 1. The Morgan fingerprint density at radius 3 is 2.04 bits per heavy atom. The number of nitrogens with two attached hydrogens (primary N) is 2. The zero-order valence-corrected chi connectivity index (χ0v) is 13.2. The van der Waals surface area contributed by atoms with Gasteiger partial charge in [-0.3, -0.25) is 10.1 Å². The molecule has 9 nitrogen and oxygen atoms in total. The molecule has 0 atom stereocenters. The summed E-state index contributed by atoms with van der Waals surface area (Å²) in [6.07, 6.45) is 0. The quantitative estimate of drug-likeness (QED) is 0.309. The third kappa shape index (κ3) is 5.73. The molecule has 0 aromatic heterocycles. The molecule has 0 heterocycles. The lowest BCUT2D eigenvalue weighted by molar-refractivity contribution is -0.131. The van der Waals surface area contributed by atoms with E-state index in [9.17, 15) is 9.59 Å². The van der Waals surface area contributed by atoms with E-state index in [1.54, 1.807) is 13.8 Å². The van der Waals surface area contributed by atoms with Crippen molar-refractivity contribution in [2.75, 3.05) is 18.5 Å². The molecule has 0 radical (unpaired) electrons. The summed E-state index contributed by atoms with van der Waals surface area (Å²) < 4.78 is 15.9. The molecule has 5 N–H and O–H groups in total. The van der Waals surface area contributed by atoms with Gasteiger partial charge in [0.15, 0.2) is 5.96 Å². The lowest BCUT2D eigenvalue weighted by Gasteiger charge is -2.16.